The topological polar surface area (TPSA) is 52.0 Å². The fourth-order valence-electron chi connectivity index (χ4n) is 1.20. The SMILES string of the molecule is CCCSc1nc2c(N)cccc2o1. The van der Waals surface area contributed by atoms with Crippen molar-refractivity contribution >= 4 is 28.5 Å². The molecule has 0 saturated carbocycles. The molecular formula is C10H12N2OS. The lowest BCUT2D eigenvalue weighted by Gasteiger charge is -1.89. The van der Waals surface area contributed by atoms with Gasteiger partial charge in [-0.25, -0.2) is 4.98 Å². The molecule has 0 amide bonds. The minimum absolute atomic E-state index is 0.676. The van der Waals surface area contributed by atoms with Crippen molar-refractivity contribution in [2.75, 3.05) is 11.5 Å². The summed E-state index contributed by atoms with van der Waals surface area (Å²) in [6.07, 6.45) is 1.11. The number of nitrogen functional groups attached to an aromatic ring is 1. The van der Waals surface area contributed by atoms with Gasteiger partial charge in [-0.1, -0.05) is 24.8 Å². The molecule has 1 heterocycles. The lowest BCUT2D eigenvalue weighted by molar-refractivity contribution is 0.489. The standard InChI is InChI=1S/C10H12N2OS/c1-2-6-14-10-12-9-7(11)4-3-5-8(9)13-10/h3-5H,2,6,11H2,1H3. The molecule has 0 aliphatic rings. The van der Waals surface area contributed by atoms with Crippen LogP contribution in [0.25, 0.3) is 11.1 Å². The summed E-state index contributed by atoms with van der Waals surface area (Å²) in [6.45, 7) is 2.13. The third-order valence-corrected chi connectivity index (χ3v) is 2.89. The van der Waals surface area contributed by atoms with Crippen molar-refractivity contribution < 1.29 is 4.42 Å². The number of hydrogen-bond acceptors (Lipinski definition) is 4. The molecule has 14 heavy (non-hydrogen) atoms. The van der Waals surface area contributed by atoms with Crippen molar-refractivity contribution in [3.63, 3.8) is 0 Å². The van der Waals surface area contributed by atoms with E-state index in [0.29, 0.717) is 10.9 Å². The van der Waals surface area contributed by atoms with Crippen molar-refractivity contribution in [2.24, 2.45) is 0 Å². The van der Waals surface area contributed by atoms with E-state index >= 15 is 0 Å². The largest absolute Gasteiger partial charge is 0.431 e. The molecule has 0 atom stereocenters. The molecule has 4 heteroatoms. The first-order valence-electron chi connectivity index (χ1n) is 4.59. The third-order valence-electron chi connectivity index (χ3n) is 1.86. The molecule has 0 unspecified atom stereocenters. The molecule has 0 aliphatic heterocycles. The Labute approximate surface area is 86.7 Å². The summed E-state index contributed by atoms with van der Waals surface area (Å²) in [5.41, 5.74) is 7.98. The molecule has 0 radical (unpaired) electrons. The molecule has 2 N–H and O–H groups in total. The molecule has 0 saturated heterocycles. The lowest BCUT2D eigenvalue weighted by Crippen LogP contribution is -1.84. The first kappa shape index (κ1) is 9.40. The number of thioether (sulfide) groups is 1. The van der Waals surface area contributed by atoms with E-state index in [0.717, 1.165) is 23.3 Å². The van der Waals surface area contributed by atoms with Crippen molar-refractivity contribution in [2.45, 2.75) is 18.6 Å². The zero-order chi connectivity index (χ0) is 9.97. The first-order valence-corrected chi connectivity index (χ1v) is 5.57. The highest BCUT2D eigenvalue weighted by molar-refractivity contribution is 7.99. The Bertz CT molecular complexity index is 439. The van der Waals surface area contributed by atoms with Gasteiger partial charge in [-0.2, -0.15) is 0 Å². The van der Waals surface area contributed by atoms with Crippen LogP contribution in [0.3, 0.4) is 0 Å². The predicted molar refractivity (Wildman–Crippen MR) is 59.4 cm³/mol. The highest BCUT2D eigenvalue weighted by atomic mass is 32.2. The minimum atomic E-state index is 0.676. The number of rotatable bonds is 3. The lowest BCUT2D eigenvalue weighted by atomic mass is 10.3. The van der Waals surface area contributed by atoms with Gasteiger partial charge >= 0.3 is 0 Å². The van der Waals surface area contributed by atoms with Gasteiger partial charge in [-0.05, 0) is 18.6 Å². The number of nitrogens with two attached hydrogens (primary N) is 1. The number of benzene rings is 1. The van der Waals surface area contributed by atoms with Crippen LogP contribution in [-0.2, 0) is 0 Å². The van der Waals surface area contributed by atoms with Crippen molar-refractivity contribution in [1.82, 2.24) is 4.98 Å². The molecule has 0 fully saturated rings. The smallest absolute Gasteiger partial charge is 0.256 e. The zero-order valence-electron chi connectivity index (χ0n) is 7.99. The minimum Gasteiger partial charge on any atom is -0.431 e. The Balaban J connectivity index is 2.36. The van der Waals surface area contributed by atoms with Crippen LogP contribution in [0, 0.1) is 0 Å². The van der Waals surface area contributed by atoms with Crippen molar-refractivity contribution in [3.05, 3.63) is 18.2 Å². The number of oxazole rings is 1. The van der Waals surface area contributed by atoms with Gasteiger partial charge in [0.1, 0.15) is 5.52 Å². The maximum absolute atomic E-state index is 5.77. The molecule has 1 aromatic heterocycles. The van der Waals surface area contributed by atoms with Crippen LogP contribution in [-0.4, -0.2) is 10.7 Å². The molecule has 0 spiro atoms. The summed E-state index contributed by atoms with van der Waals surface area (Å²) in [7, 11) is 0. The molecular weight excluding hydrogens is 196 g/mol. The normalized spacial score (nSPS) is 10.9. The monoisotopic (exact) mass is 208 g/mol. The van der Waals surface area contributed by atoms with Crippen LogP contribution < -0.4 is 5.73 Å². The third kappa shape index (κ3) is 1.70. The number of hydrogen-bond donors (Lipinski definition) is 1. The molecule has 3 nitrogen and oxygen atoms in total. The molecule has 1 aromatic carbocycles. The highest BCUT2D eigenvalue weighted by Gasteiger charge is 2.07. The van der Waals surface area contributed by atoms with Crippen molar-refractivity contribution in [3.8, 4) is 0 Å². The van der Waals surface area contributed by atoms with E-state index in [1.807, 2.05) is 18.2 Å². The second-order valence-electron chi connectivity index (χ2n) is 3.02. The molecule has 2 rings (SSSR count). The van der Waals surface area contributed by atoms with Gasteiger partial charge in [0.2, 0.25) is 0 Å². The molecule has 2 aromatic rings. The predicted octanol–water partition coefficient (Wildman–Crippen LogP) is 2.91. The van der Waals surface area contributed by atoms with Gasteiger partial charge in [0.25, 0.3) is 5.22 Å². The van der Waals surface area contributed by atoms with Gasteiger partial charge in [0.05, 0.1) is 5.69 Å². The van der Waals surface area contributed by atoms with E-state index in [1.54, 1.807) is 11.8 Å². The average Bonchev–Trinajstić information content (AvgIpc) is 2.59. The van der Waals surface area contributed by atoms with Gasteiger partial charge in [0.15, 0.2) is 5.58 Å². The van der Waals surface area contributed by atoms with E-state index in [2.05, 4.69) is 11.9 Å². The van der Waals surface area contributed by atoms with Crippen LogP contribution in [0.2, 0.25) is 0 Å². The quantitative estimate of drug-likeness (QED) is 0.622. The maximum atomic E-state index is 5.77. The fraction of sp³-hybridized carbons (Fsp3) is 0.300. The summed E-state index contributed by atoms with van der Waals surface area (Å²) < 4.78 is 5.52. The summed E-state index contributed by atoms with van der Waals surface area (Å²) in [5, 5.41) is 0.708. The number of aromatic nitrogens is 1. The van der Waals surface area contributed by atoms with E-state index in [-0.39, 0.29) is 0 Å². The van der Waals surface area contributed by atoms with E-state index in [4.69, 9.17) is 10.2 Å². The second-order valence-corrected chi connectivity index (χ2v) is 4.07. The van der Waals surface area contributed by atoms with Crippen molar-refractivity contribution in [1.29, 1.82) is 0 Å². The molecule has 0 bridgehead atoms. The molecule has 74 valence electrons. The first-order chi connectivity index (χ1) is 6.81. The Morgan fingerprint density at radius 2 is 2.36 bits per heavy atom. The van der Waals surface area contributed by atoms with Gasteiger partial charge in [0, 0.05) is 5.75 Å². The maximum Gasteiger partial charge on any atom is 0.256 e. The highest BCUT2D eigenvalue weighted by Crippen LogP contribution is 2.26. The number of anilines is 1. The number of nitrogens with zero attached hydrogens (tertiary/aromatic N) is 1. The Morgan fingerprint density at radius 3 is 3.07 bits per heavy atom. The second kappa shape index (κ2) is 3.92. The zero-order valence-corrected chi connectivity index (χ0v) is 8.80. The number of fused-ring (bicyclic) bond motifs is 1. The Kier molecular flexibility index (Phi) is 2.63. The van der Waals surface area contributed by atoms with Crippen LogP contribution >= 0.6 is 11.8 Å². The fourth-order valence-corrected chi connectivity index (χ4v) is 1.88. The summed E-state index contributed by atoms with van der Waals surface area (Å²) in [5.74, 6) is 1.02. The van der Waals surface area contributed by atoms with Gasteiger partial charge in [-0.15, -0.1) is 0 Å². The van der Waals surface area contributed by atoms with E-state index in [1.165, 1.54) is 0 Å². The van der Waals surface area contributed by atoms with Gasteiger partial charge < -0.3 is 10.2 Å². The van der Waals surface area contributed by atoms with Crippen LogP contribution in [0.4, 0.5) is 5.69 Å². The summed E-state index contributed by atoms with van der Waals surface area (Å²) in [4.78, 5) is 4.32. The van der Waals surface area contributed by atoms with Crippen LogP contribution in [0.5, 0.6) is 0 Å². The van der Waals surface area contributed by atoms with E-state index in [9.17, 15) is 0 Å². The van der Waals surface area contributed by atoms with Crippen LogP contribution in [0.1, 0.15) is 13.3 Å². The number of para-hydroxylation sites is 1. The Morgan fingerprint density at radius 1 is 1.50 bits per heavy atom. The summed E-state index contributed by atoms with van der Waals surface area (Å²) >= 11 is 1.62. The van der Waals surface area contributed by atoms with E-state index < -0.39 is 0 Å². The van der Waals surface area contributed by atoms with Crippen LogP contribution in [0.15, 0.2) is 27.8 Å². The van der Waals surface area contributed by atoms with Gasteiger partial charge in [-0.3, -0.25) is 0 Å². The molecule has 0 aliphatic carbocycles. The summed E-state index contributed by atoms with van der Waals surface area (Å²) in [6, 6.07) is 5.59. The average molecular weight is 208 g/mol. The Hall–Kier alpha value is -1.16.